The minimum absolute atomic E-state index is 0.0479. The summed E-state index contributed by atoms with van der Waals surface area (Å²) in [7, 11) is 2.39. The van der Waals surface area contributed by atoms with E-state index in [0.29, 0.717) is 24.9 Å². The van der Waals surface area contributed by atoms with Crippen LogP contribution in [0.4, 0.5) is 4.79 Å². The maximum Gasteiger partial charge on any atom is 0.412 e. The van der Waals surface area contributed by atoms with E-state index in [1.807, 2.05) is 0 Å². The van der Waals surface area contributed by atoms with E-state index in [-0.39, 0.29) is 21.1 Å². The first-order chi connectivity index (χ1) is 14.0. The van der Waals surface area contributed by atoms with Gasteiger partial charge < -0.3 is 23.9 Å². The number of hydrogen-bond acceptors (Lipinski definition) is 9. The number of amides is 1. The summed E-state index contributed by atoms with van der Waals surface area (Å²) >= 11 is 0.803. The van der Waals surface area contributed by atoms with Gasteiger partial charge in [0, 0.05) is 18.5 Å². The van der Waals surface area contributed by atoms with Crippen molar-refractivity contribution in [2.45, 2.75) is 25.7 Å². The van der Waals surface area contributed by atoms with Crippen LogP contribution in [0.3, 0.4) is 0 Å². The lowest BCUT2D eigenvalue weighted by atomic mass is 10.1. The number of carbonyl (C=O) groups is 3. The molecule has 2 heterocycles. The third kappa shape index (κ3) is 5.58. The number of unbranched alkanes of at least 4 members (excludes halogenated alkanes) is 3. The number of thiophene rings is 1. The molecule has 0 aromatic carbocycles. The summed E-state index contributed by atoms with van der Waals surface area (Å²) in [6.07, 6.45) is 4.63. The first-order valence-corrected chi connectivity index (χ1v) is 9.53. The maximum atomic E-state index is 12.3. The molecule has 0 aliphatic rings. The maximum absolute atomic E-state index is 12.3. The van der Waals surface area contributed by atoms with Crippen molar-refractivity contribution in [3.05, 3.63) is 28.3 Å². The molecule has 0 spiro atoms. The van der Waals surface area contributed by atoms with Gasteiger partial charge in [0.15, 0.2) is 10.6 Å². The number of carbonyl (C=O) groups excluding carboxylic acids is 3. The number of ether oxygens (including phenoxy) is 3. The van der Waals surface area contributed by atoms with Crippen LogP contribution in [0.5, 0.6) is 5.75 Å². The molecule has 10 heteroatoms. The molecule has 2 rings (SSSR count). The Kier molecular flexibility index (Phi) is 8.24. The molecule has 1 amide bonds. The number of nitrogens with one attached hydrogen (secondary N) is 1. The molecule has 0 radical (unpaired) electrons. The molecular weight excluding hydrogens is 400 g/mol. The fraction of sp³-hybridized carbons (Fsp3) is 0.368. The Morgan fingerprint density at radius 3 is 2.48 bits per heavy atom. The summed E-state index contributed by atoms with van der Waals surface area (Å²) in [5.41, 5.74) is 0.649. The van der Waals surface area contributed by atoms with Crippen molar-refractivity contribution in [3.63, 3.8) is 0 Å². The second-order valence-corrected chi connectivity index (χ2v) is 6.77. The Morgan fingerprint density at radius 1 is 1.14 bits per heavy atom. The summed E-state index contributed by atoms with van der Waals surface area (Å²) in [6.45, 7) is 0.340. The highest BCUT2D eigenvalue weighted by Crippen LogP contribution is 2.43. The van der Waals surface area contributed by atoms with Gasteiger partial charge in [-0.05, 0) is 18.9 Å². The van der Waals surface area contributed by atoms with Crippen molar-refractivity contribution >= 4 is 29.4 Å². The number of esters is 2. The summed E-state index contributed by atoms with van der Waals surface area (Å²) < 4.78 is 20.0. The van der Waals surface area contributed by atoms with E-state index < -0.39 is 18.0 Å². The average molecular weight is 420 g/mol. The zero-order valence-electron chi connectivity index (χ0n) is 16.0. The van der Waals surface area contributed by atoms with Crippen LogP contribution >= 0.6 is 11.3 Å². The molecular formula is C19H20N2O7S. The van der Waals surface area contributed by atoms with Crippen LogP contribution in [0.25, 0.3) is 11.1 Å². The first-order valence-electron chi connectivity index (χ1n) is 8.72. The molecule has 2 aromatic rings. The van der Waals surface area contributed by atoms with Gasteiger partial charge in [0.1, 0.15) is 4.88 Å². The topological polar surface area (TPSA) is 128 Å². The highest BCUT2D eigenvalue weighted by atomic mass is 32.1. The number of rotatable bonds is 9. The van der Waals surface area contributed by atoms with E-state index in [0.717, 1.165) is 24.2 Å². The van der Waals surface area contributed by atoms with Crippen molar-refractivity contribution in [1.82, 2.24) is 5.32 Å². The first kappa shape index (κ1) is 22.0. The van der Waals surface area contributed by atoms with Gasteiger partial charge in [-0.3, -0.25) is 0 Å². The Labute approximate surface area is 171 Å². The quantitative estimate of drug-likeness (QED) is 0.480. The van der Waals surface area contributed by atoms with E-state index in [2.05, 4.69) is 11.4 Å². The van der Waals surface area contributed by atoms with Crippen molar-refractivity contribution in [1.29, 1.82) is 5.26 Å². The van der Waals surface area contributed by atoms with Gasteiger partial charge in [-0.2, -0.15) is 5.26 Å². The Morgan fingerprint density at radius 2 is 1.86 bits per heavy atom. The lowest BCUT2D eigenvalue weighted by Gasteiger charge is -2.09. The van der Waals surface area contributed by atoms with Crippen LogP contribution in [0.2, 0.25) is 0 Å². The monoisotopic (exact) mass is 420 g/mol. The average Bonchev–Trinajstić information content (AvgIpc) is 3.37. The Balaban J connectivity index is 2.27. The van der Waals surface area contributed by atoms with Gasteiger partial charge >= 0.3 is 18.0 Å². The SMILES string of the molecule is COC(=O)c1sc(C(=O)OC)c(-c2ccoc2)c1OC(=O)NCCCCCC#N. The van der Waals surface area contributed by atoms with Gasteiger partial charge in [-0.25, -0.2) is 14.4 Å². The second kappa shape index (κ2) is 10.9. The highest BCUT2D eigenvalue weighted by molar-refractivity contribution is 7.16. The lowest BCUT2D eigenvalue weighted by molar-refractivity contribution is 0.0597. The van der Waals surface area contributed by atoms with E-state index in [1.165, 1.54) is 26.7 Å². The summed E-state index contributed by atoms with van der Waals surface area (Å²) in [5, 5.41) is 11.1. The van der Waals surface area contributed by atoms with E-state index in [4.69, 9.17) is 23.9 Å². The molecule has 0 unspecified atom stereocenters. The van der Waals surface area contributed by atoms with Crippen LogP contribution in [-0.4, -0.2) is 38.8 Å². The molecule has 0 aliphatic carbocycles. The summed E-state index contributed by atoms with van der Waals surface area (Å²) in [6, 6.07) is 3.62. The molecule has 0 saturated heterocycles. The van der Waals surface area contributed by atoms with Crippen LogP contribution in [0, 0.1) is 11.3 Å². The minimum Gasteiger partial charge on any atom is -0.472 e. The Bertz CT molecular complexity index is 897. The summed E-state index contributed by atoms with van der Waals surface area (Å²) in [4.78, 5) is 36.7. The van der Waals surface area contributed by atoms with E-state index in [1.54, 1.807) is 6.07 Å². The van der Waals surface area contributed by atoms with Crippen LogP contribution < -0.4 is 10.1 Å². The number of furan rings is 1. The zero-order chi connectivity index (χ0) is 21.2. The van der Waals surface area contributed by atoms with Gasteiger partial charge in [-0.15, -0.1) is 11.3 Å². The van der Waals surface area contributed by atoms with Crippen LogP contribution in [-0.2, 0) is 9.47 Å². The van der Waals surface area contributed by atoms with E-state index >= 15 is 0 Å². The van der Waals surface area contributed by atoms with Gasteiger partial charge in [0.05, 0.1) is 38.4 Å². The van der Waals surface area contributed by atoms with E-state index in [9.17, 15) is 14.4 Å². The standard InChI is InChI=1S/C19H20N2O7S/c1-25-17(22)15-13(12-7-10-27-11-12)14(16(29-15)18(23)26-2)28-19(24)21-9-6-4-3-5-8-20/h7,10-11H,3-6,9H2,1-2H3,(H,21,24). The van der Waals surface area contributed by atoms with Gasteiger partial charge in [0.25, 0.3) is 0 Å². The van der Waals surface area contributed by atoms with Crippen molar-refractivity contribution < 1.29 is 33.0 Å². The normalized spacial score (nSPS) is 10.1. The molecule has 2 aromatic heterocycles. The minimum atomic E-state index is -0.783. The molecule has 0 aliphatic heterocycles. The largest absolute Gasteiger partial charge is 0.472 e. The second-order valence-electron chi connectivity index (χ2n) is 5.74. The van der Waals surface area contributed by atoms with Crippen molar-refractivity contribution in [2.75, 3.05) is 20.8 Å². The molecule has 0 bridgehead atoms. The summed E-state index contributed by atoms with van der Waals surface area (Å²) in [5.74, 6) is -1.55. The molecule has 29 heavy (non-hydrogen) atoms. The number of hydrogen-bond donors (Lipinski definition) is 1. The van der Waals surface area contributed by atoms with Crippen LogP contribution in [0.1, 0.15) is 45.0 Å². The zero-order valence-corrected chi connectivity index (χ0v) is 16.8. The van der Waals surface area contributed by atoms with Gasteiger partial charge in [0.2, 0.25) is 0 Å². The molecule has 0 saturated carbocycles. The predicted octanol–water partition coefficient (Wildman–Crippen LogP) is 3.75. The smallest absolute Gasteiger partial charge is 0.412 e. The molecule has 154 valence electrons. The van der Waals surface area contributed by atoms with Crippen molar-refractivity contribution in [2.24, 2.45) is 0 Å². The lowest BCUT2D eigenvalue weighted by Crippen LogP contribution is -2.28. The fourth-order valence-electron chi connectivity index (χ4n) is 2.47. The third-order valence-corrected chi connectivity index (χ3v) is 4.98. The van der Waals surface area contributed by atoms with Crippen LogP contribution in [0.15, 0.2) is 23.0 Å². The fourth-order valence-corrected chi connectivity index (χ4v) is 3.56. The molecule has 1 N–H and O–H groups in total. The highest BCUT2D eigenvalue weighted by Gasteiger charge is 2.31. The Hall–Kier alpha value is -3.32. The van der Waals surface area contributed by atoms with Crippen molar-refractivity contribution in [3.8, 4) is 22.9 Å². The molecule has 0 atom stereocenters. The third-order valence-electron chi connectivity index (χ3n) is 3.85. The number of nitrogens with zero attached hydrogens (tertiary/aromatic N) is 1. The predicted molar refractivity (Wildman–Crippen MR) is 103 cm³/mol. The molecule has 0 fully saturated rings. The number of nitriles is 1. The number of methoxy groups -OCH3 is 2. The van der Waals surface area contributed by atoms with Gasteiger partial charge in [-0.1, -0.05) is 6.42 Å². The molecule has 9 nitrogen and oxygen atoms in total.